The van der Waals surface area contributed by atoms with Crippen LogP contribution < -0.4 is 0 Å². The lowest BCUT2D eigenvalue weighted by molar-refractivity contribution is 0.483. The van der Waals surface area contributed by atoms with Crippen LogP contribution in [0.1, 0.15) is 5.56 Å². The average Bonchev–Trinajstić information content (AvgIpc) is 2.03. The maximum atomic E-state index is 10.7. The molecule has 0 heterocycles. The molecule has 3 nitrogen and oxygen atoms in total. The molecule has 0 aliphatic carbocycles. The van der Waals surface area contributed by atoms with Crippen LogP contribution in [0.5, 0.6) is 0 Å². The summed E-state index contributed by atoms with van der Waals surface area (Å²) < 4.78 is 30.2. The maximum absolute atomic E-state index is 10.7. The van der Waals surface area contributed by atoms with Crippen LogP contribution >= 0.6 is 9.90 Å². The van der Waals surface area contributed by atoms with Crippen molar-refractivity contribution in [2.45, 2.75) is 4.90 Å². The number of rotatable bonds is 2. The van der Waals surface area contributed by atoms with Crippen LogP contribution in [0.25, 0.3) is 6.08 Å². The standard InChI is InChI=1S/C8H8O3S.H3P/c1-2-7-5-3-4-6-8(7)12(9,10)11;/h2-6H,1H2,(H,9,10,11);1H3. The maximum Gasteiger partial charge on any atom is 0.295 e. The molecule has 13 heavy (non-hydrogen) atoms. The number of hydrogen-bond donors (Lipinski definition) is 1. The molecule has 1 aromatic rings. The van der Waals surface area contributed by atoms with Gasteiger partial charge in [-0.3, -0.25) is 4.55 Å². The number of benzene rings is 1. The zero-order chi connectivity index (χ0) is 9.19. The van der Waals surface area contributed by atoms with E-state index in [0.717, 1.165) is 0 Å². The van der Waals surface area contributed by atoms with Crippen molar-refractivity contribution in [1.29, 1.82) is 0 Å². The summed E-state index contributed by atoms with van der Waals surface area (Å²) in [6, 6.07) is 6.10. The lowest BCUT2D eigenvalue weighted by Gasteiger charge is -2.00. The minimum absolute atomic E-state index is 0. The predicted octanol–water partition coefficient (Wildman–Crippen LogP) is 1.63. The molecule has 0 aliphatic rings. The average molecular weight is 218 g/mol. The van der Waals surface area contributed by atoms with Crippen molar-refractivity contribution >= 4 is 26.1 Å². The van der Waals surface area contributed by atoms with Crippen molar-refractivity contribution in [3.63, 3.8) is 0 Å². The summed E-state index contributed by atoms with van der Waals surface area (Å²) >= 11 is 0. The first kappa shape index (κ1) is 12.3. The van der Waals surface area contributed by atoms with E-state index in [1.165, 1.54) is 18.2 Å². The van der Waals surface area contributed by atoms with Gasteiger partial charge in [0.15, 0.2) is 0 Å². The fourth-order valence-corrected chi connectivity index (χ4v) is 1.58. The van der Waals surface area contributed by atoms with E-state index in [4.69, 9.17) is 4.55 Å². The van der Waals surface area contributed by atoms with Crippen LogP contribution in [0.3, 0.4) is 0 Å². The third-order valence-electron chi connectivity index (χ3n) is 1.42. The highest BCUT2D eigenvalue weighted by atomic mass is 32.2. The minimum Gasteiger partial charge on any atom is -0.282 e. The van der Waals surface area contributed by atoms with E-state index in [1.54, 1.807) is 12.1 Å². The fraction of sp³-hybridized carbons (Fsp3) is 0. The zero-order valence-corrected chi connectivity index (χ0v) is 9.20. The molecule has 0 spiro atoms. The van der Waals surface area contributed by atoms with Crippen molar-refractivity contribution in [2.75, 3.05) is 0 Å². The number of hydrogen-bond acceptors (Lipinski definition) is 2. The van der Waals surface area contributed by atoms with Gasteiger partial charge in [-0.2, -0.15) is 18.3 Å². The van der Waals surface area contributed by atoms with Gasteiger partial charge in [-0.25, -0.2) is 0 Å². The molecule has 0 aromatic heterocycles. The van der Waals surface area contributed by atoms with Gasteiger partial charge in [0.25, 0.3) is 10.1 Å². The summed E-state index contributed by atoms with van der Waals surface area (Å²) in [7, 11) is -4.12. The minimum atomic E-state index is -4.12. The second-order valence-corrected chi connectivity index (χ2v) is 3.61. The van der Waals surface area contributed by atoms with Crippen molar-refractivity contribution in [3.05, 3.63) is 36.4 Å². The molecule has 0 amide bonds. The summed E-state index contributed by atoms with van der Waals surface area (Å²) in [6.07, 6.45) is 1.38. The molecule has 0 saturated carbocycles. The van der Waals surface area contributed by atoms with Crippen LogP contribution in [-0.2, 0) is 10.1 Å². The molecule has 0 fully saturated rings. The van der Waals surface area contributed by atoms with Crippen molar-refractivity contribution in [2.24, 2.45) is 0 Å². The Morgan fingerprint density at radius 3 is 2.23 bits per heavy atom. The molecular formula is C8H11O3PS. The fourth-order valence-electron chi connectivity index (χ4n) is 0.884. The third kappa shape index (κ3) is 2.92. The van der Waals surface area contributed by atoms with Gasteiger partial charge in [0, 0.05) is 0 Å². The smallest absolute Gasteiger partial charge is 0.282 e. The highest BCUT2D eigenvalue weighted by Gasteiger charge is 2.11. The molecule has 0 aliphatic heterocycles. The lowest BCUT2D eigenvalue weighted by atomic mass is 10.2. The van der Waals surface area contributed by atoms with Crippen LogP contribution in [-0.4, -0.2) is 13.0 Å². The Morgan fingerprint density at radius 2 is 1.85 bits per heavy atom. The van der Waals surface area contributed by atoms with Gasteiger partial charge in [0.05, 0.1) is 0 Å². The van der Waals surface area contributed by atoms with E-state index in [0.29, 0.717) is 5.56 Å². The Hall–Kier alpha value is -0.700. The molecule has 5 heteroatoms. The molecule has 72 valence electrons. The molecular weight excluding hydrogens is 207 g/mol. The summed E-state index contributed by atoms with van der Waals surface area (Å²) in [6.45, 7) is 3.43. The molecule has 1 atom stereocenters. The van der Waals surface area contributed by atoms with Gasteiger partial charge in [-0.15, -0.1) is 0 Å². The molecule has 1 aromatic carbocycles. The molecule has 0 saturated heterocycles. The first-order valence-corrected chi connectivity index (χ1v) is 4.68. The molecule has 0 radical (unpaired) electrons. The highest BCUT2D eigenvalue weighted by Crippen LogP contribution is 2.15. The van der Waals surface area contributed by atoms with Gasteiger partial charge in [0.2, 0.25) is 0 Å². The topological polar surface area (TPSA) is 54.4 Å². The van der Waals surface area contributed by atoms with Gasteiger partial charge in [0.1, 0.15) is 4.90 Å². The molecule has 0 bridgehead atoms. The van der Waals surface area contributed by atoms with Crippen molar-refractivity contribution < 1.29 is 13.0 Å². The third-order valence-corrected chi connectivity index (χ3v) is 2.34. The van der Waals surface area contributed by atoms with Gasteiger partial charge >= 0.3 is 0 Å². The zero-order valence-electron chi connectivity index (χ0n) is 6.97. The van der Waals surface area contributed by atoms with Crippen LogP contribution in [0.15, 0.2) is 35.7 Å². The second kappa shape index (κ2) is 4.51. The van der Waals surface area contributed by atoms with E-state index < -0.39 is 10.1 Å². The van der Waals surface area contributed by atoms with Crippen molar-refractivity contribution in [1.82, 2.24) is 0 Å². The Labute approximate surface area is 80.9 Å². The van der Waals surface area contributed by atoms with E-state index in [1.807, 2.05) is 0 Å². The Bertz CT molecular complexity index is 398. The summed E-state index contributed by atoms with van der Waals surface area (Å²) in [4.78, 5) is -0.111. The Balaban J connectivity index is 0.00000144. The van der Waals surface area contributed by atoms with E-state index in [2.05, 4.69) is 6.58 Å². The molecule has 1 N–H and O–H groups in total. The van der Waals surface area contributed by atoms with Crippen LogP contribution in [0.4, 0.5) is 0 Å². The Kier molecular flexibility index (Phi) is 4.27. The first-order valence-electron chi connectivity index (χ1n) is 3.24. The van der Waals surface area contributed by atoms with E-state index in [-0.39, 0.29) is 14.8 Å². The summed E-state index contributed by atoms with van der Waals surface area (Å²) in [5, 5.41) is 0. The molecule has 1 unspecified atom stereocenters. The lowest BCUT2D eigenvalue weighted by Crippen LogP contribution is -1.99. The Morgan fingerprint density at radius 1 is 1.31 bits per heavy atom. The van der Waals surface area contributed by atoms with Crippen molar-refractivity contribution in [3.8, 4) is 0 Å². The summed E-state index contributed by atoms with van der Waals surface area (Å²) in [5.41, 5.74) is 0.403. The predicted molar refractivity (Wildman–Crippen MR) is 57.5 cm³/mol. The monoisotopic (exact) mass is 218 g/mol. The summed E-state index contributed by atoms with van der Waals surface area (Å²) in [5.74, 6) is 0. The normalized spacial score (nSPS) is 10.2. The van der Waals surface area contributed by atoms with E-state index >= 15 is 0 Å². The first-order chi connectivity index (χ1) is 5.55. The second-order valence-electron chi connectivity index (χ2n) is 2.22. The van der Waals surface area contributed by atoms with E-state index in [9.17, 15) is 8.42 Å². The van der Waals surface area contributed by atoms with Gasteiger partial charge < -0.3 is 0 Å². The van der Waals surface area contributed by atoms with Gasteiger partial charge in [-0.1, -0.05) is 30.9 Å². The largest absolute Gasteiger partial charge is 0.295 e. The SMILES string of the molecule is C=Cc1ccccc1S(=O)(=O)O.P. The molecule has 1 rings (SSSR count). The van der Waals surface area contributed by atoms with Gasteiger partial charge in [-0.05, 0) is 11.6 Å². The van der Waals surface area contributed by atoms with Crippen LogP contribution in [0, 0.1) is 0 Å². The van der Waals surface area contributed by atoms with Crippen LogP contribution in [0.2, 0.25) is 0 Å². The highest BCUT2D eigenvalue weighted by molar-refractivity contribution is 7.85. The quantitative estimate of drug-likeness (QED) is 0.606.